The van der Waals surface area contributed by atoms with Crippen LogP contribution in [0.1, 0.15) is 11.1 Å². The molecule has 28 heavy (non-hydrogen) atoms. The van der Waals surface area contributed by atoms with Gasteiger partial charge in [0, 0.05) is 43.3 Å². The zero-order chi connectivity index (χ0) is 20.1. The maximum absolute atomic E-state index is 5.98. The van der Waals surface area contributed by atoms with Gasteiger partial charge in [0.2, 0.25) is 0 Å². The Bertz CT molecular complexity index is 954. The van der Waals surface area contributed by atoms with E-state index in [1.165, 1.54) is 11.3 Å². The maximum atomic E-state index is 5.98. The van der Waals surface area contributed by atoms with Crippen LogP contribution in [-0.4, -0.2) is 33.3 Å². The van der Waals surface area contributed by atoms with Gasteiger partial charge in [0.15, 0.2) is 11.5 Å². The lowest BCUT2D eigenvalue weighted by Gasteiger charge is -2.16. The predicted molar refractivity (Wildman–Crippen MR) is 113 cm³/mol. The average Bonchev–Trinajstić information content (AvgIpc) is 2.71. The van der Waals surface area contributed by atoms with Crippen molar-refractivity contribution in [3.05, 3.63) is 66.0 Å². The van der Waals surface area contributed by atoms with Crippen molar-refractivity contribution in [3.63, 3.8) is 0 Å². The van der Waals surface area contributed by atoms with Crippen molar-refractivity contribution >= 4 is 5.69 Å². The van der Waals surface area contributed by atoms with Gasteiger partial charge in [-0.1, -0.05) is 6.07 Å². The second-order valence-corrected chi connectivity index (χ2v) is 6.78. The highest BCUT2D eigenvalue weighted by Gasteiger charge is 2.08. The van der Waals surface area contributed by atoms with Crippen LogP contribution in [0.15, 0.2) is 54.9 Å². The van der Waals surface area contributed by atoms with Crippen LogP contribution in [0, 0.1) is 6.92 Å². The Morgan fingerprint density at radius 1 is 0.857 bits per heavy atom. The molecule has 5 nitrogen and oxygen atoms in total. The molecule has 3 aromatic rings. The summed E-state index contributed by atoms with van der Waals surface area (Å²) >= 11 is 0. The van der Waals surface area contributed by atoms with Crippen molar-refractivity contribution in [1.29, 1.82) is 0 Å². The third-order valence-corrected chi connectivity index (χ3v) is 4.57. The first-order chi connectivity index (χ1) is 13.5. The first-order valence-corrected chi connectivity index (χ1v) is 9.09. The average molecular weight is 378 g/mol. The molecule has 0 amide bonds. The zero-order valence-corrected chi connectivity index (χ0v) is 17.0. The zero-order valence-electron chi connectivity index (χ0n) is 17.0. The SMILES string of the molecule is COc1ccc(-c2cncc(COc3ccc(N(C)C)c(C)c3)c2)cc1OC. The van der Waals surface area contributed by atoms with Crippen LogP contribution in [0.3, 0.4) is 0 Å². The number of nitrogens with zero attached hydrogens (tertiary/aromatic N) is 2. The monoisotopic (exact) mass is 378 g/mol. The van der Waals surface area contributed by atoms with Crippen molar-refractivity contribution in [1.82, 2.24) is 4.98 Å². The third kappa shape index (κ3) is 4.36. The molecule has 0 atom stereocenters. The molecule has 0 aliphatic rings. The van der Waals surface area contributed by atoms with Gasteiger partial charge in [-0.2, -0.15) is 0 Å². The molecular formula is C23H26N2O3. The van der Waals surface area contributed by atoms with Gasteiger partial charge in [-0.15, -0.1) is 0 Å². The summed E-state index contributed by atoms with van der Waals surface area (Å²) in [7, 11) is 7.33. The number of benzene rings is 2. The molecule has 0 aliphatic heterocycles. The molecule has 0 N–H and O–H groups in total. The van der Waals surface area contributed by atoms with Crippen LogP contribution in [-0.2, 0) is 6.61 Å². The van der Waals surface area contributed by atoms with Crippen LogP contribution < -0.4 is 19.1 Å². The smallest absolute Gasteiger partial charge is 0.161 e. The number of anilines is 1. The van der Waals surface area contributed by atoms with E-state index < -0.39 is 0 Å². The number of aromatic nitrogens is 1. The number of hydrogen-bond donors (Lipinski definition) is 0. The number of hydrogen-bond acceptors (Lipinski definition) is 5. The molecular weight excluding hydrogens is 352 g/mol. The van der Waals surface area contributed by atoms with Gasteiger partial charge in [0.25, 0.3) is 0 Å². The fourth-order valence-electron chi connectivity index (χ4n) is 3.13. The molecule has 0 spiro atoms. The van der Waals surface area contributed by atoms with Gasteiger partial charge in [0.05, 0.1) is 14.2 Å². The first kappa shape index (κ1) is 19.5. The van der Waals surface area contributed by atoms with Gasteiger partial charge >= 0.3 is 0 Å². The van der Waals surface area contributed by atoms with Crippen molar-refractivity contribution < 1.29 is 14.2 Å². The number of methoxy groups -OCH3 is 2. The fraction of sp³-hybridized carbons (Fsp3) is 0.261. The molecule has 5 heteroatoms. The molecule has 0 unspecified atom stereocenters. The second-order valence-electron chi connectivity index (χ2n) is 6.78. The molecule has 0 saturated heterocycles. The largest absolute Gasteiger partial charge is 0.493 e. The van der Waals surface area contributed by atoms with Gasteiger partial charge in [-0.3, -0.25) is 4.98 Å². The van der Waals surface area contributed by atoms with Gasteiger partial charge in [-0.25, -0.2) is 0 Å². The third-order valence-electron chi connectivity index (χ3n) is 4.57. The lowest BCUT2D eigenvalue weighted by Crippen LogP contribution is -2.10. The minimum absolute atomic E-state index is 0.453. The topological polar surface area (TPSA) is 43.8 Å². The Kier molecular flexibility index (Phi) is 6.04. The van der Waals surface area contributed by atoms with E-state index >= 15 is 0 Å². The van der Waals surface area contributed by atoms with E-state index in [0.29, 0.717) is 18.1 Å². The van der Waals surface area contributed by atoms with E-state index in [2.05, 4.69) is 35.0 Å². The van der Waals surface area contributed by atoms with E-state index in [0.717, 1.165) is 22.4 Å². The molecule has 0 bridgehead atoms. The lowest BCUT2D eigenvalue weighted by molar-refractivity contribution is 0.305. The lowest BCUT2D eigenvalue weighted by atomic mass is 10.1. The molecule has 0 saturated carbocycles. The van der Waals surface area contributed by atoms with Crippen molar-refractivity contribution in [2.45, 2.75) is 13.5 Å². The minimum Gasteiger partial charge on any atom is -0.493 e. The number of ether oxygens (including phenoxy) is 3. The number of rotatable bonds is 7. The van der Waals surface area contributed by atoms with E-state index in [4.69, 9.17) is 14.2 Å². The summed E-state index contributed by atoms with van der Waals surface area (Å²) in [5.41, 5.74) is 5.38. The fourth-order valence-corrected chi connectivity index (χ4v) is 3.13. The summed E-state index contributed by atoms with van der Waals surface area (Å²) in [4.78, 5) is 6.46. The summed E-state index contributed by atoms with van der Waals surface area (Å²) in [6.45, 7) is 2.54. The predicted octanol–water partition coefficient (Wildman–Crippen LogP) is 4.72. The Morgan fingerprint density at radius 3 is 2.32 bits per heavy atom. The standard InChI is InChI=1S/C23H26N2O3/c1-16-10-20(7-8-21(16)25(2)3)28-15-17-11-19(14-24-13-17)18-6-9-22(26-4)23(12-18)27-5/h6-14H,15H2,1-5H3. The summed E-state index contributed by atoms with van der Waals surface area (Å²) in [6.07, 6.45) is 3.66. The molecule has 0 fully saturated rings. The van der Waals surface area contributed by atoms with Gasteiger partial charge in [0.1, 0.15) is 12.4 Å². The minimum atomic E-state index is 0.453. The normalized spacial score (nSPS) is 10.5. The van der Waals surface area contributed by atoms with E-state index in [9.17, 15) is 0 Å². The van der Waals surface area contributed by atoms with Crippen LogP contribution in [0.4, 0.5) is 5.69 Å². The Balaban J connectivity index is 1.76. The highest BCUT2D eigenvalue weighted by atomic mass is 16.5. The molecule has 0 radical (unpaired) electrons. The number of pyridine rings is 1. The molecule has 2 aromatic carbocycles. The van der Waals surface area contributed by atoms with Gasteiger partial charge in [-0.05, 0) is 54.4 Å². The quantitative estimate of drug-likeness (QED) is 0.595. The Hall–Kier alpha value is -3.21. The van der Waals surface area contributed by atoms with Crippen molar-refractivity contribution in [2.75, 3.05) is 33.2 Å². The Labute approximate surface area is 166 Å². The van der Waals surface area contributed by atoms with Gasteiger partial charge < -0.3 is 19.1 Å². The molecule has 3 rings (SSSR count). The highest BCUT2D eigenvalue weighted by Crippen LogP contribution is 2.32. The number of aryl methyl sites for hydroxylation is 1. The molecule has 0 aliphatic carbocycles. The highest BCUT2D eigenvalue weighted by molar-refractivity contribution is 5.67. The van der Waals surface area contributed by atoms with Crippen molar-refractivity contribution in [2.24, 2.45) is 0 Å². The first-order valence-electron chi connectivity index (χ1n) is 9.09. The summed E-state index contributed by atoms with van der Waals surface area (Å²) in [5.74, 6) is 2.24. The molecule has 1 heterocycles. The van der Waals surface area contributed by atoms with Crippen LogP contribution in [0.5, 0.6) is 17.2 Å². The van der Waals surface area contributed by atoms with E-state index in [1.807, 2.05) is 50.8 Å². The van der Waals surface area contributed by atoms with Crippen LogP contribution in [0.2, 0.25) is 0 Å². The second kappa shape index (κ2) is 8.65. The summed E-state index contributed by atoms with van der Waals surface area (Å²) in [6, 6.07) is 14.0. The summed E-state index contributed by atoms with van der Waals surface area (Å²) < 4.78 is 16.7. The van der Waals surface area contributed by atoms with E-state index in [-0.39, 0.29) is 0 Å². The molecule has 1 aromatic heterocycles. The van der Waals surface area contributed by atoms with Crippen molar-refractivity contribution in [3.8, 4) is 28.4 Å². The maximum Gasteiger partial charge on any atom is 0.161 e. The Morgan fingerprint density at radius 2 is 1.64 bits per heavy atom. The van der Waals surface area contributed by atoms with Crippen LogP contribution >= 0.6 is 0 Å². The van der Waals surface area contributed by atoms with Crippen LogP contribution in [0.25, 0.3) is 11.1 Å². The molecule has 146 valence electrons. The van der Waals surface area contributed by atoms with E-state index in [1.54, 1.807) is 14.2 Å². The summed E-state index contributed by atoms with van der Waals surface area (Å²) in [5, 5.41) is 0.